The first-order valence-electron chi connectivity index (χ1n) is 8.56. The maximum Gasteiger partial charge on any atom is 0.335 e. The van der Waals surface area contributed by atoms with Gasteiger partial charge in [0.25, 0.3) is 5.91 Å². The summed E-state index contributed by atoms with van der Waals surface area (Å²) in [5.41, 5.74) is 0.607. The zero-order chi connectivity index (χ0) is 21.0. The largest absolute Gasteiger partial charge is 0.478 e. The topological polar surface area (TPSA) is 88.5 Å². The van der Waals surface area contributed by atoms with Crippen LogP contribution < -0.4 is 10.1 Å². The van der Waals surface area contributed by atoms with Crippen LogP contribution in [0, 0.1) is 11.6 Å². The number of hydrogen-bond acceptors (Lipinski definition) is 4. The van der Waals surface area contributed by atoms with Gasteiger partial charge in [-0.2, -0.15) is 0 Å². The molecule has 2 aromatic carbocycles. The minimum absolute atomic E-state index is 0.107. The number of rotatable bonds is 6. The van der Waals surface area contributed by atoms with Crippen LogP contribution >= 0.6 is 0 Å². The standard InChI is InChI=1S/C21H16F2N2O4/c1-12(13-5-7-14(8-6-13)21(27)28)25-19(26)18-10-16(23)11-24-20(18)29-17-4-2-3-15(22)9-17/h2-12H,1H3,(H,25,26)(H,27,28)/t12-/m0/s1. The molecule has 6 nitrogen and oxygen atoms in total. The number of halogens is 2. The molecule has 0 aliphatic rings. The molecular formula is C21H16F2N2O4. The van der Waals surface area contributed by atoms with Crippen LogP contribution in [0.25, 0.3) is 0 Å². The van der Waals surface area contributed by atoms with E-state index in [4.69, 9.17) is 9.84 Å². The summed E-state index contributed by atoms with van der Waals surface area (Å²) in [6.07, 6.45) is 0.888. The Balaban J connectivity index is 1.80. The van der Waals surface area contributed by atoms with Crippen LogP contribution in [0.15, 0.2) is 60.8 Å². The van der Waals surface area contributed by atoms with Crippen LogP contribution in [0.1, 0.15) is 39.2 Å². The fraction of sp³-hybridized carbons (Fsp3) is 0.0952. The van der Waals surface area contributed by atoms with E-state index in [0.717, 1.165) is 18.3 Å². The number of aromatic carboxylic acids is 1. The zero-order valence-corrected chi connectivity index (χ0v) is 15.2. The molecule has 0 radical (unpaired) electrons. The molecule has 0 unspecified atom stereocenters. The maximum atomic E-state index is 13.7. The highest BCUT2D eigenvalue weighted by Crippen LogP contribution is 2.25. The first-order chi connectivity index (χ1) is 13.8. The summed E-state index contributed by atoms with van der Waals surface area (Å²) in [4.78, 5) is 27.4. The molecule has 0 bridgehead atoms. The number of nitrogens with zero attached hydrogens (tertiary/aromatic N) is 1. The van der Waals surface area contributed by atoms with Crippen molar-refractivity contribution in [2.45, 2.75) is 13.0 Å². The van der Waals surface area contributed by atoms with Gasteiger partial charge in [-0.25, -0.2) is 18.6 Å². The lowest BCUT2D eigenvalue weighted by atomic mass is 10.1. The molecule has 0 spiro atoms. The van der Waals surface area contributed by atoms with Gasteiger partial charge < -0.3 is 15.2 Å². The van der Waals surface area contributed by atoms with Gasteiger partial charge in [0, 0.05) is 6.07 Å². The molecule has 8 heteroatoms. The summed E-state index contributed by atoms with van der Waals surface area (Å²) in [5, 5.41) is 11.6. The first-order valence-corrected chi connectivity index (χ1v) is 8.56. The highest BCUT2D eigenvalue weighted by atomic mass is 19.1. The van der Waals surface area contributed by atoms with Crippen LogP contribution in [-0.2, 0) is 0 Å². The number of benzene rings is 2. The molecule has 1 amide bonds. The summed E-state index contributed by atoms with van der Waals surface area (Å²) in [7, 11) is 0. The van der Waals surface area contributed by atoms with Crippen LogP contribution in [0.3, 0.4) is 0 Å². The van der Waals surface area contributed by atoms with Crippen molar-refractivity contribution in [3.63, 3.8) is 0 Å². The Bertz CT molecular complexity index is 1050. The third-order valence-corrected chi connectivity index (χ3v) is 4.08. The Hall–Kier alpha value is -3.81. The smallest absolute Gasteiger partial charge is 0.335 e. The van der Waals surface area contributed by atoms with Crippen molar-refractivity contribution in [3.8, 4) is 11.6 Å². The van der Waals surface area contributed by atoms with Crippen LogP contribution in [0.5, 0.6) is 11.6 Å². The summed E-state index contributed by atoms with van der Waals surface area (Å²) >= 11 is 0. The van der Waals surface area contributed by atoms with Crippen molar-refractivity contribution in [1.82, 2.24) is 10.3 Å². The third-order valence-electron chi connectivity index (χ3n) is 4.08. The van der Waals surface area contributed by atoms with E-state index in [0.29, 0.717) is 5.56 Å². The lowest BCUT2D eigenvalue weighted by Gasteiger charge is -2.16. The average molecular weight is 398 g/mol. The lowest BCUT2D eigenvalue weighted by Crippen LogP contribution is -2.27. The molecule has 0 saturated carbocycles. The van der Waals surface area contributed by atoms with Gasteiger partial charge in [-0.15, -0.1) is 0 Å². The number of pyridine rings is 1. The summed E-state index contributed by atoms with van der Waals surface area (Å²) in [5.74, 6) is -3.05. The van der Waals surface area contributed by atoms with E-state index in [9.17, 15) is 18.4 Å². The number of carbonyl (C=O) groups is 2. The predicted molar refractivity (Wildman–Crippen MR) is 100.0 cm³/mol. The molecule has 3 aromatic rings. The highest BCUT2D eigenvalue weighted by molar-refractivity contribution is 5.96. The van der Waals surface area contributed by atoms with Gasteiger partial charge in [-0.05, 0) is 42.8 Å². The maximum absolute atomic E-state index is 13.7. The number of hydrogen-bond donors (Lipinski definition) is 2. The molecule has 1 atom stereocenters. The molecule has 1 aromatic heterocycles. The molecular weight excluding hydrogens is 382 g/mol. The molecule has 0 saturated heterocycles. The number of aromatic nitrogens is 1. The van der Waals surface area contributed by atoms with Gasteiger partial charge in [0.1, 0.15) is 22.9 Å². The molecule has 0 aliphatic carbocycles. The predicted octanol–water partition coefficient (Wildman–Crippen LogP) is 4.34. The Labute approximate surface area is 164 Å². The number of amides is 1. The number of carboxylic acid groups (broad SMARTS) is 1. The molecule has 0 fully saturated rings. The second-order valence-electron chi connectivity index (χ2n) is 6.19. The number of carboxylic acids is 1. The quantitative estimate of drug-likeness (QED) is 0.645. The van der Waals surface area contributed by atoms with Crippen molar-refractivity contribution in [2.24, 2.45) is 0 Å². The SMILES string of the molecule is C[C@H](NC(=O)c1cc(F)cnc1Oc1cccc(F)c1)c1ccc(C(=O)O)cc1. The molecule has 29 heavy (non-hydrogen) atoms. The van der Waals surface area contributed by atoms with Crippen molar-refractivity contribution < 1.29 is 28.2 Å². The van der Waals surface area contributed by atoms with Crippen LogP contribution in [0.2, 0.25) is 0 Å². The summed E-state index contributed by atoms with van der Waals surface area (Å²) in [6.45, 7) is 1.69. The van der Waals surface area contributed by atoms with E-state index in [2.05, 4.69) is 10.3 Å². The van der Waals surface area contributed by atoms with E-state index in [-0.39, 0.29) is 22.8 Å². The number of ether oxygens (including phenoxy) is 1. The number of nitrogens with one attached hydrogen (secondary N) is 1. The normalized spacial score (nSPS) is 11.6. The minimum atomic E-state index is -1.06. The van der Waals surface area contributed by atoms with E-state index in [1.807, 2.05) is 0 Å². The molecule has 0 aliphatic heterocycles. The van der Waals surface area contributed by atoms with Gasteiger partial charge in [-0.1, -0.05) is 18.2 Å². The van der Waals surface area contributed by atoms with Gasteiger partial charge in [0.2, 0.25) is 5.88 Å². The van der Waals surface area contributed by atoms with Crippen molar-refractivity contribution in [3.05, 3.63) is 89.1 Å². The van der Waals surface area contributed by atoms with Gasteiger partial charge in [0.15, 0.2) is 0 Å². The van der Waals surface area contributed by atoms with Crippen molar-refractivity contribution >= 4 is 11.9 Å². The van der Waals surface area contributed by atoms with Crippen LogP contribution in [0.4, 0.5) is 8.78 Å². The molecule has 2 N–H and O–H groups in total. The lowest BCUT2D eigenvalue weighted by molar-refractivity contribution is 0.0696. The van der Waals surface area contributed by atoms with E-state index in [1.165, 1.54) is 30.3 Å². The summed E-state index contributed by atoms with van der Waals surface area (Å²) in [6, 6.07) is 11.7. The fourth-order valence-corrected chi connectivity index (χ4v) is 2.58. The molecule has 3 rings (SSSR count). The second kappa shape index (κ2) is 8.47. The second-order valence-corrected chi connectivity index (χ2v) is 6.19. The molecule has 148 valence electrons. The van der Waals surface area contributed by atoms with Gasteiger partial charge >= 0.3 is 5.97 Å². The van der Waals surface area contributed by atoms with Gasteiger partial charge in [-0.3, -0.25) is 4.79 Å². The Morgan fingerprint density at radius 3 is 2.45 bits per heavy atom. The van der Waals surface area contributed by atoms with E-state index >= 15 is 0 Å². The third kappa shape index (κ3) is 4.92. The summed E-state index contributed by atoms with van der Waals surface area (Å²) < 4.78 is 32.5. The zero-order valence-electron chi connectivity index (χ0n) is 15.2. The Morgan fingerprint density at radius 2 is 1.79 bits per heavy atom. The van der Waals surface area contributed by atoms with E-state index < -0.39 is 29.6 Å². The molecule has 1 heterocycles. The first kappa shape index (κ1) is 19.9. The highest BCUT2D eigenvalue weighted by Gasteiger charge is 2.19. The monoisotopic (exact) mass is 398 g/mol. The van der Waals surface area contributed by atoms with E-state index in [1.54, 1.807) is 19.1 Å². The number of carbonyl (C=O) groups excluding carboxylic acids is 1. The van der Waals surface area contributed by atoms with Gasteiger partial charge in [0.05, 0.1) is 17.8 Å². The Kier molecular flexibility index (Phi) is 5.82. The van der Waals surface area contributed by atoms with Crippen LogP contribution in [-0.4, -0.2) is 22.0 Å². The van der Waals surface area contributed by atoms with Crippen molar-refractivity contribution in [2.75, 3.05) is 0 Å². The average Bonchev–Trinajstić information content (AvgIpc) is 2.69. The minimum Gasteiger partial charge on any atom is -0.478 e. The Morgan fingerprint density at radius 1 is 1.07 bits per heavy atom. The van der Waals surface area contributed by atoms with Crippen molar-refractivity contribution in [1.29, 1.82) is 0 Å². The fourth-order valence-electron chi connectivity index (χ4n) is 2.58.